The van der Waals surface area contributed by atoms with Gasteiger partial charge in [-0.05, 0) is 53.8 Å². The van der Waals surface area contributed by atoms with E-state index in [0.29, 0.717) is 0 Å². The van der Waals surface area contributed by atoms with Crippen molar-refractivity contribution in [1.82, 2.24) is 4.31 Å². The number of halogens is 1. The third-order valence-electron chi connectivity index (χ3n) is 5.16. The van der Waals surface area contributed by atoms with Gasteiger partial charge in [-0.2, -0.15) is 4.31 Å². The molecular formula is C25H27BrN2O3S. The summed E-state index contributed by atoms with van der Waals surface area (Å²) in [6, 6.07) is 21.4. The van der Waals surface area contributed by atoms with Gasteiger partial charge in [-0.25, -0.2) is 8.42 Å². The van der Waals surface area contributed by atoms with Crippen molar-refractivity contribution < 1.29 is 13.2 Å². The Bertz CT molecular complexity index is 1180. The molecule has 7 heteroatoms. The highest BCUT2D eigenvalue weighted by Crippen LogP contribution is 2.28. The van der Waals surface area contributed by atoms with E-state index >= 15 is 0 Å². The molecule has 0 saturated carbocycles. The molecule has 0 aliphatic rings. The van der Waals surface area contributed by atoms with Crippen LogP contribution in [0.15, 0.2) is 82.2 Å². The molecule has 32 heavy (non-hydrogen) atoms. The van der Waals surface area contributed by atoms with Crippen LogP contribution in [-0.2, 0) is 21.4 Å². The van der Waals surface area contributed by atoms with Crippen LogP contribution in [0.2, 0.25) is 0 Å². The Hall–Kier alpha value is -2.48. The van der Waals surface area contributed by atoms with Gasteiger partial charge in [0.1, 0.15) is 0 Å². The summed E-state index contributed by atoms with van der Waals surface area (Å²) in [5.74, 6) is -0.157. The van der Waals surface area contributed by atoms with Gasteiger partial charge in [-0.15, -0.1) is 0 Å². The fraction of sp³-hybridized carbons (Fsp3) is 0.240. The number of rotatable bonds is 8. The number of benzene rings is 3. The molecule has 0 spiro atoms. The zero-order valence-electron chi connectivity index (χ0n) is 18.4. The Morgan fingerprint density at radius 3 is 2.25 bits per heavy atom. The maximum Gasteiger partial charge on any atom is 0.243 e. The minimum Gasteiger partial charge on any atom is -0.324 e. The lowest BCUT2D eigenvalue weighted by atomic mass is 9.98. The molecule has 0 aliphatic carbocycles. The lowest BCUT2D eigenvalue weighted by molar-refractivity contribution is -0.116. The highest BCUT2D eigenvalue weighted by Gasteiger charge is 2.27. The van der Waals surface area contributed by atoms with Crippen molar-refractivity contribution in [1.29, 1.82) is 0 Å². The highest BCUT2D eigenvalue weighted by molar-refractivity contribution is 9.10. The molecule has 3 aromatic carbocycles. The molecule has 168 valence electrons. The van der Waals surface area contributed by atoms with Crippen LogP contribution in [0.3, 0.4) is 0 Å². The summed E-state index contributed by atoms with van der Waals surface area (Å²) in [5.41, 5.74) is 3.49. The van der Waals surface area contributed by atoms with Crippen molar-refractivity contribution in [3.05, 3.63) is 94.0 Å². The van der Waals surface area contributed by atoms with Gasteiger partial charge >= 0.3 is 0 Å². The number of hydrogen-bond acceptors (Lipinski definition) is 3. The number of hydrogen-bond donors (Lipinski definition) is 1. The van der Waals surface area contributed by atoms with Crippen LogP contribution in [0.1, 0.15) is 36.5 Å². The predicted octanol–water partition coefficient (Wildman–Crippen LogP) is 5.71. The largest absolute Gasteiger partial charge is 0.324 e. The van der Waals surface area contributed by atoms with Crippen molar-refractivity contribution >= 4 is 37.5 Å². The lowest BCUT2D eigenvalue weighted by Crippen LogP contribution is -2.37. The van der Waals surface area contributed by atoms with Gasteiger partial charge in [-0.3, -0.25) is 4.79 Å². The molecule has 0 heterocycles. The molecular weight excluding hydrogens is 488 g/mol. The molecule has 0 aliphatic heterocycles. The summed E-state index contributed by atoms with van der Waals surface area (Å²) in [6.45, 7) is 5.85. The van der Waals surface area contributed by atoms with Crippen molar-refractivity contribution in [3.63, 3.8) is 0 Å². The third kappa shape index (κ3) is 5.85. The maximum atomic E-state index is 13.4. The molecule has 0 atom stereocenters. The smallest absolute Gasteiger partial charge is 0.243 e. The summed E-state index contributed by atoms with van der Waals surface area (Å²) in [7, 11) is -3.87. The fourth-order valence-corrected chi connectivity index (χ4v) is 5.11. The van der Waals surface area contributed by atoms with E-state index < -0.39 is 10.0 Å². The SMILES string of the molecule is Cc1cccc(C(C)C)c1NC(=O)CN(Cc1ccc(Br)cc1)S(=O)(=O)c1ccccc1. The van der Waals surface area contributed by atoms with E-state index in [-0.39, 0.29) is 29.8 Å². The first-order valence-electron chi connectivity index (χ1n) is 10.4. The molecule has 1 amide bonds. The third-order valence-corrected chi connectivity index (χ3v) is 7.50. The molecule has 0 saturated heterocycles. The van der Waals surface area contributed by atoms with Crippen LogP contribution in [0.5, 0.6) is 0 Å². The number of nitrogens with one attached hydrogen (secondary N) is 1. The van der Waals surface area contributed by atoms with Gasteiger partial charge in [0.25, 0.3) is 0 Å². The lowest BCUT2D eigenvalue weighted by Gasteiger charge is -2.23. The number of para-hydroxylation sites is 1. The minimum atomic E-state index is -3.87. The summed E-state index contributed by atoms with van der Waals surface area (Å²) >= 11 is 3.39. The molecule has 5 nitrogen and oxygen atoms in total. The fourth-order valence-electron chi connectivity index (χ4n) is 3.44. The second-order valence-corrected chi connectivity index (χ2v) is 10.8. The van der Waals surface area contributed by atoms with Gasteiger partial charge in [-0.1, -0.05) is 78.3 Å². The Balaban J connectivity index is 1.90. The van der Waals surface area contributed by atoms with E-state index in [9.17, 15) is 13.2 Å². The van der Waals surface area contributed by atoms with Crippen molar-refractivity contribution in [2.75, 3.05) is 11.9 Å². The summed E-state index contributed by atoms with van der Waals surface area (Å²) in [4.78, 5) is 13.2. The van der Waals surface area contributed by atoms with Crippen LogP contribution >= 0.6 is 15.9 Å². The van der Waals surface area contributed by atoms with E-state index in [2.05, 4.69) is 35.1 Å². The van der Waals surface area contributed by atoms with Crippen LogP contribution in [0.4, 0.5) is 5.69 Å². The Morgan fingerprint density at radius 2 is 1.62 bits per heavy atom. The molecule has 0 bridgehead atoms. The van der Waals surface area contributed by atoms with Gasteiger partial charge in [0.2, 0.25) is 15.9 Å². The maximum absolute atomic E-state index is 13.4. The number of aryl methyl sites for hydroxylation is 1. The van der Waals surface area contributed by atoms with E-state index in [1.165, 1.54) is 4.31 Å². The second kappa shape index (κ2) is 10.4. The molecule has 0 unspecified atom stereocenters. The van der Waals surface area contributed by atoms with Crippen LogP contribution in [0, 0.1) is 6.92 Å². The molecule has 0 aromatic heterocycles. The normalized spacial score (nSPS) is 11.7. The topological polar surface area (TPSA) is 66.5 Å². The first-order chi connectivity index (χ1) is 15.2. The highest BCUT2D eigenvalue weighted by atomic mass is 79.9. The number of anilines is 1. The zero-order chi connectivity index (χ0) is 23.3. The van der Waals surface area contributed by atoms with Crippen LogP contribution in [0.25, 0.3) is 0 Å². The Labute approximate surface area is 198 Å². The van der Waals surface area contributed by atoms with Crippen molar-refractivity contribution in [3.8, 4) is 0 Å². The number of carbonyl (C=O) groups excluding carboxylic acids is 1. The Kier molecular flexibility index (Phi) is 7.87. The second-order valence-electron chi connectivity index (χ2n) is 7.95. The van der Waals surface area contributed by atoms with Crippen LogP contribution in [-0.4, -0.2) is 25.2 Å². The summed E-state index contributed by atoms with van der Waals surface area (Å²) in [6.07, 6.45) is 0. The first-order valence-corrected chi connectivity index (χ1v) is 12.6. The number of amides is 1. The zero-order valence-corrected chi connectivity index (χ0v) is 20.8. The van der Waals surface area contributed by atoms with E-state index in [0.717, 1.165) is 26.9 Å². The van der Waals surface area contributed by atoms with E-state index in [4.69, 9.17) is 0 Å². The quantitative estimate of drug-likeness (QED) is 0.418. The monoisotopic (exact) mass is 514 g/mol. The molecule has 0 radical (unpaired) electrons. The summed E-state index contributed by atoms with van der Waals surface area (Å²) < 4.78 is 28.9. The Morgan fingerprint density at radius 1 is 0.969 bits per heavy atom. The summed E-state index contributed by atoms with van der Waals surface area (Å²) in [5, 5.41) is 2.96. The van der Waals surface area contributed by atoms with Gasteiger partial charge in [0.15, 0.2) is 0 Å². The molecule has 0 fully saturated rings. The predicted molar refractivity (Wildman–Crippen MR) is 132 cm³/mol. The van der Waals surface area contributed by atoms with Crippen LogP contribution < -0.4 is 5.32 Å². The minimum absolute atomic E-state index is 0.0860. The van der Waals surface area contributed by atoms with Gasteiger partial charge < -0.3 is 5.32 Å². The van der Waals surface area contributed by atoms with Gasteiger partial charge in [0.05, 0.1) is 11.4 Å². The molecule has 3 rings (SSSR count). The number of nitrogens with zero attached hydrogens (tertiary/aromatic N) is 1. The first kappa shape index (κ1) is 24.2. The standard InChI is InChI=1S/C25H27BrN2O3S/c1-18(2)23-11-7-8-19(3)25(23)27-24(29)17-28(16-20-12-14-21(26)15-13-20)32(30,31)22-9-5-4-6-10-22/h4-15,18H,16-17H2,1-3H3,(H,27,29). The van der Waals surface area contributed by atoms with E-state index in [1.807, 2.05) is 49.4 Å². The van der Waals surface area contributed by atoms with E-state index in [1.54, 1.807) is 30.3 Å². The van der Waals surface area contributed by atoms with Gasteiger partial charge in [0, 0.05) is 16.7 Å². The average Bonchev–Trinajstić information content (AvgIpc) is 2.76. The van der Waals surface area contributed by atoms with Crippen molar-refractivity contribution in [2.45, 2.75) is 38.1 Å². The molecule has 3 aromatic rings. The number of carbonyl (C=O) groups is 1. The van der Waals surface area contributed by atoms with Crippen molar-refractivity contribution in [2.24, 2.45) is 0 Å². The number of sulfonamides is 1. The average molecular weight is 515 g/mol. The molecule has 1 N–H and O–H groups in total.